The summed E-state index contributed by atoms with van der Waals surface area (Å²) in [6, 6.07) is 16.0. The van der Waals surface area contributed by atoms with E-state index in [4.69, 9.17) is 4.98 Å². The Labute approximate surface area is 157 Å². The molecule has 0 atom stereocenters. The van der Waals surface area contributed by atoms with Crippen LogP contribution >= 0.6 is 22.7 Å². The molecular weight excluding hydrogens is 362 g/mol. The smallest absolute Gasteiger partial charge is 0.166 e. The molecule has 0 spiro atoms. The molecule has 0 aliphatic carbocycles. The zero-order valence-corrected chi connectivity index (χ0v) is 15.0. The molecule has 0 saturated heterocycles. The van der Waals surface area contributed by atoms with Gasteiger partial charge in [-0.25, -0.2) is 4.98 Å². The van der Waals surface area contributed by atoms with Gasteiger partial charge in [-0.1, -0.05) is 17.4 Å². The lowest BCUT2D eigenvalue weighted by Gasteiger charge is -1.94. The maximum absolute atomic E-state index is 4.78. The minimum Gasteiger partial charge on any atom is -0.264 e. The number of aromatic nitrogens is 5. The largest absolute Gasteiger partial charge is 0.264 e. The number of thiophene rings is 1. The first-order chi connectivity index (χ1) is 12.9. The average molecular weight is 373 g/mol. The highest BCUT2D eigenvalue weighted by Crippen LogP contribution is 2.34. The molecule has 0 fully saturated rings. The summed E-state index contributed by atoms with van der Waals surface area (Å²) in [6.45, 7) is 0. The molecule has 0 N–H and O–H groups in total. The maximum Gasteiger partial charge on any atom is 0.166 e. The van der Waals surface area contributed by atoms with Crippen molar-refractivity contribution in [3.8, 4) is 31.8 Å². The zero-order valence-electron chi connectivity index (χ0n) is 13.4. The molecule has 5 heterocycles. The van der Waals surface area contributed by atoms with Crippen LogP contribution in [0.5, 0.6) is 0 Å². The average Bonchev–Trinajstić information content (AvgIpc) is 3.36. The van der Waals surface area contributed by atoms with Crippen LogP contribution in [-0.2, 0) is 0 Å². The number of pyridine rings is 3. The molecule has 26 heavy (non-hydrogen) atoms. The van der Waals surface area contributed by atoms with E-state index >= 15 is 0 Å². The van der Waals surface area contributed by atoms with E-state index in [1.807, 2.05) is 36.4 Å². The van der Waals surface area contributed by atoms with Crippen LogP contribution < -0.4 is 0 Å². The van der Waals surface area contributed by atoms with Gasteiger partial charge in [-0.2, -0.15) is 0 Å². The van der Waals surface area contributed by atoms with Gasteiger partial charge >= 0.3 is 0 Å². The van der Waals surface area contributed by atoms with E-state index in [1.54, 1.807) is 29.9 Å². The van der Waals surface area contributed by atoms with Crippen LogP contribution in [0.15, 0.2) is 67.1 Å². The number of nitrogens with zero attached hydrogens (tertiary/aromatic N) is 5. The van der Waals surface area contributed by atoms with E-state index in [0.717, 1.165) is 42.1 Å². The van der Waals surface area contributed by atoms with Crippen LogP contribution in [0.3, 0.4) is 0 Å². The Bertz CT molecular complexity index is 1180. The topological polar surface area (TPSA) is 64.5 Å². The minimum absolute atomic E-state index is 0.804. The van der Waals surface area contributed by atoms with E-state index in [2.05, 4.69) is 32.3 Å². The van der Waals surface area contributed by atoms with Crippen LogP contribution in [0.2, 0.25) is 0 Å². The normalized spacial score (nSPS) is 11.1. The van der Waals surface area contributed by atoms with Crippen molar-refractivity contribution in [2.75, 3.05) is 0 Å². The molecule has 0 aromatic carbocycles. The molecule has 5 aromatic rings. The van der Waals surface area contributed by atoms with Crippen LogP contribution in [-0.4, -0.2) is 25.1 Å². The number of rotatable bonds is 3. The predicted molar refractivity (Wildman–Crippen MR) is 105 cm³/mol. The summed E-state index contributed by atoms with van der Waals surface area (Å²) in [7, 11) is 0. The van der Waals surface area contributed by atoms with Gasteiger partial charge in [0.15, 0.2) is 5.01 Å². The first-order valence-electron chi connectivity index (χ1n) is 7.93. The highest BCUT2D eigenvalue weighted by atomic mass is 32.1. The van der Waals surface area contributed by atoms with Crippen molar-refractivity contribution in [2.45, 2.75) is 0 Å². The fourth-order valence-corrected chi connectivity index (χ4v) is 4.42. The number of hydrogen-bond donors (Lipinski definition) is 0. The van der Waals surface area contributed by atoms with Crippen molar-refractivity contribution in [1.29, 1.82) is 0 Å². The van der Waals surface area contributed by atoms with Gasteiger partial charge in [-0.3, -0.25) is 9.97 Å². The lowest BCUT2D eigenvalue weighted by Crippen LogP contribution is -1.81. The molecule has 124 valence electrons. The second-order valence-corrected chi connectivity index (χ2v) is 7.58. The van der Waals surface area contributed by atoms with E-state index in [9.17, 15) is 0 Å². The Hall–Kier alpha value is -3.03. The van der Waals surface area contributed by atoms with Gasteiger partial charge in [-0.05, 0) is 42.5 Å². The van der Waals surface area contributed by atoms with Gasteiger partial charge in [-0.15, -0.1) is 21.5 Å². The second kappa shape index (κ2) is 6.36. The Morgan fingerprint density at radius 2 is 1.73 bits per heavy atom. The van der Waals surface area contributed by atoms with E-state index in [0.29, 0.717) is 0 Å². The van der Waals surface area contributed by atoms with Crippen molar-refractivity contribution in [3.63, 3.8) is 0 Å². The standard InChI is InChI=1S/C19H11N5S2/c1-2-9-21-14(5-1)16-10-12-6-7-15(22-17(12)25-16)19-24-23-18(26-19)13-4-3-8-20-11-13/h1-11H. The van der Waals surface area contributed by atoms with Gasteiger partial charge in [0.25, 0.3) is 0 Å². The predicted octanol–water partition coefficient (Wildman–Crippen LogP) is 4.94. The molecule has 0 bridgehead atoms. The Morgan fingerprint density at radius 3 is 2.58 bits per heavy atom. The number of fused-ring (bicyclic) bond motifs is 1. The highest BCUT2D eigenvalue weighted by molar-refractivity contribution is 7.21. The lowest BCUT2D eigenvalue weighted by atomic mass is 10.2. The third-order valence-corrected chi connectivity index (χ3v) is 5.91. The molecule has 0 aliphatic rings. The highest BCUT2D eigenvalue weighted by Gasteiger charge is 2.12. The van der Waals surface area contributed by atoms with Gasteiger partial charge in [0.1, 0.15) is 15.5 Å². The van der Waals surface area contributed by atoms with Crippen LogP contribution in [0.1, 0.15) is 0 Å². The SMILES string of the molecule is c1ccc(-c2cc3ccc(-c4nnc(-c5cccnc5)s4)nc3s2)nc1. The van der Waals surface area contributed by atoms with Crippen LogP contribution in [0, 0.1) is 0 Å². The third-order valence-electron chi connectivity index (χ3n) is 3.85. The Kier molecular flexibility index (Phi) is 3.73. The third kappa shape index (κ3) is 2.77. The molecule has 0 saturated carbocycles. The fraction of sp³-hybridized carbons (Fsp3) is 0. The Morgan fingerprint density at radius 1 is 0.769 bits per heavy atom. The van der Waals surface area contributed by atoms with Crippen molar-refractivity contribution in [1.82, 2.24) is 25.1 Å². The van der Waals surface area contributed by atoms with E-state index < -0.39 is 0 Å². The minimum atomic E-state index is 0.804. The molecule has 5 nitrogen and oxygen atoms in total. The van der Waals surface area contributed by atoms with Crippen molar-refractivity contribution >= 4 is 32.9 Å². The van der Waals surface area contributed by atoms with Crippen molar-refractivity contribution in [3.05, 3.63) is 67.1 Å². The Balaban J connectivity index is 1.53. The van der Waals surface area contributed by atoms with E-state index in [-0.39, 0.29) is 0 Å². The molecule has 0 unspecified atom stereocenters. The van der Waals surface area contributed by atoms with Gasteiger partial charge in [0.05, 0.1) is 10.6 Å². The first kappa shape index (κ1) is 15.2. The molecular formula is C19H11N5S2. The molecule has 0 amide bonds. The second-order valence-electron chi connectivity index (χ2n) is 5.57. The molecule has 5 aromatic heterocycles. The summed E-state index contributed by atoms with van der Waals surface area (Å²) in [5.74, 6) is 0. The monoisotopic (exact) mass is 373 g/mol. The quantitative estimate of drug-likeness (QED) is 0.448. The molecule has 5 rings (SSSR count). The summed E-state index contributed by atoms with van der Waals surface area (Å²) < 4.78 is 0. The van der Waals surface area contributed by atoms with Crippen LogP contribution in [0.25, 0.3) is 42.1 Å². The summed E-state index contributed by atoms with van der Waals surface area (Å²) >= 11 is 3.15. The molecule has 0 radical (unpaired) electrons. The first-order valence-corrected chi connectivity index (χ1v) is 9.56. The summed E-state index contributed by atoms with van der Waals surface area (Å²) in [5.41, 5.74) is 2.76. The van der Waals surface area contributed by atoms with Crippen LogP contribution in [0.4, 0.5) is 0 Å². The summed E-state index contributed by atoms with van der Waals surface area (Å²) in [5, 5.41) is 11.3. The summed E-state index contributed by atoms with van der Waals surface area (Å²) in [4.78, 5) is 15.4. The van der Waals surface area contributed by atoms with E-state index in [1.165, 1.54) is 11.3 Å². The van der Waals surface area contributed by atoms with Gasteiger partial charge in [0, 0.05) is 29.5 Å². The summed E-state index contributed by atoms with van der Waals surface area (Å²) in [6.07, 6.45) is 5.34. The fourth-order valence-electron chi connectivity index (χ4n) is 2.60. The maximum atomic E-state index is 4.78. The lowest BCUT2D eigenvalue weighted by molar-refractivity contribution is 1.09. The van der Waals surface area contributed by atoms with Crippen molar-refractivity contribution in [2.24, 2.45) is 0 Å². The zero-order chi connectivity index (χ0) is 17.3. The molecule has 7 heteroatoms. The van der Waals surface area contributed by atoms with Gasteiger partial charge < -0.3 is 0 Å². The molecule has 0 aliphatic heterocycles. The van der Waals surface area contributed by atoms with Gasteiger partial charge in [0.2, 0.25) is 0 Å². The number of hydrogen-bond acceptors (Lipinski definition) is 7. The van der Waals surface area contributed by atoms with Crippen molar-refractivity contribution < 1.29 is 0 Å².